The molecule has 0 spiro atoms. The predicted molar refractivity (Wildman–Crippen MR) is 110 cm³/mol. The van der Waals surface area contributed by atoms with Crippen LogP contribution in [0, 0.1) is 25.2 Å². The highest BCUT2D eigenvalue weighted by Gasteiger charge is 2.26. The number of ether oxygens (including phenoxy) is 1. The number of nitriles is 1. The highest BCUT2D eigenvalue weighted by molar-refractivity contribution is 5.95. The fraction of sp³-hybridized carbons (Fsp3) is 0.261. The van der Waals surface area contributed by atoms with E-state index in [1.807, 2.05) is 44.2 Å². The Morgan fingerprint density at radius 2 is 1.87 bits per heavy atom. The highest BCUT2D eigenvalue weighted by Crippen LogP contribution is 2.26. The van der Waals surface area contributed by atoms with E-state index in [2.05, 4.69) is 5.32 Å². The SMILES string of the molecule is CC[C@H](NC(=O)COC(=O)c1c(C)oc(-n2cccc2)c1C#N)c1ccc(C)cc1. The van der Waals surface area contributed by atoms with Gasteiger partial charge in [-0.3, -0.25) is 9.36 Å². The van der Waals surface area contributed by atoms with Crippen LogP contribution < -0.4 is 5.32 Å². The van der Waals surface area contributed by atoms with Gasteiger partial charge in [-0.1, -0.05) is 36.8 Å². The van der Waals surface area contributed by atoms with E-state index < -0.39 is 18.5 Å². The number of benzene rings is 1. The van der Waals surface area contributed by atoms with E-state index >= 15 is 0 Å². The van der Waals surface area contributed by atoms with Crippen molar-refractivity contribution in [3.8, 4) is 12.0 Å². The van der Waals surface area contributed by atoms with Gasteiger partial charge in [-0.05, 0) is 38.0 Å². The van der Waals surface area contributed by atoms with Gasteiger partial charge in [-0.25, -0.2) is 4.79 Å². The minimum absolute atomic E-state index is 0.0274. The molecular formula is C23H23N3O4. The van der Waals surface area contributed by atoms with Gasteiger partial charge in [0.1, 0.15) is 23.0 Å². The molecule has 1 N–H and O–H groups in total. The van der Waals surface area contributed by atoms with E-state index in [1.165, 1.54) is 0 Å². The van der Waals surface area contributed by atoms with Crippen LogP contribution >= 0.6 is 0 Å². The van der Waals surface area contributed by atoms with E-state index in [-0.39, 0.29) is 28.8 Å². The maximum absolute atomic E-state index is 12.6. The third-order valence-corrected chi connectivity index (χ3v) is 4.78. The van der Waals surface area contributed by atoms with Crippen LogP contribution in [0.3, 0.4) is 0 Å². The highest BCUT2D eigenvalue weighted by atomic mass is 16.5. The first-order chi connectivity index (χ1) is 14.4. The van der Waals surface area contributed by atoms with Crippen molar-refractivity contribution < 1.29 is 18.7 Å². The van der Waals surface area contributed by atoms with Crippen LogP contribution in [0.5, 0.6) is 0 Å². The van der Waals surface area contributed by atoms with E-state index in [0.29, 0.717) is 6.42 Å². The number of carbonyl (C=O) groups excluding carboxylic acids is 2. The molecule has 0 bridgehead atoms. The second-order valence-corrected chi connectivity index (χ2v) is 6.93. The summed E-state index contributed by atoms with van der Waals surface area (Å²) in [5.41, 5.74) is 2.22. The Balaban J connectivity index is 1.67. The average Bonchev–Trinajstić information content (AvgIpc) is 3.38. The van der Waals surface area contributed by atoms with Gasteiger partial charge in [0.25, 0.3) is 5.91 Å². The summed E-state index contributed by atoms with van der Waals surface area (Å²) < 4.78 is 12.4. The Morgan fingerprint density at radius 3 is 2.47 bits per heavy atom. The van der Waals surface area contributed by atoms with E-state index in [9.17, 15) is 14.9 Å². The van der Waals surface area contributed by atoms with Gasteiger partial charge in [0.2, 0.25) is 5.88 Å². The van der Waals surface area contributed by atoms with E-state index in [0.717, 1.165) is 11.1 Å². The summed E-state index contributed by atoms with van der Waals surface area (Å²) in [5, 5.41) is 12.4. The number of nitrogens with one attached hydrogen (secondary N) is 1. The van der Waals surface area contributed by atoms with Crippen LogP contribution in [0.25, 0.3) is 5.88 Å². The zero-order valence-corrected chi connectivity index (χ0v) is 17.1. The molecule has 154 valence electrons. The van der Waals surface area contributed by atoms with Gasteiger partial charge in [-0.2, -0.15) is 5.26 Å². The zero-order chi connectivity index (χ0) is 21.7. The summed E-state index contributed by atoms with van der Waals surface area (Å²) in [6, 6.07) is 13.3. The Kier molecular flexibility index (Phi) is 6.38. The number of rotatable bonds is 7. The molecule has 7 heteroatoms. The third-order valence-electron chi connectivity index (χ3n) is 4.78. The molecule has 2 aromatic heterocycles. The van der Waals surface area contributed by atoms with Crippen molar-refractivity contribution >= 4 is 11.9 Å². The van der Waals surface area contributed by atoms with Crippen LogP contribution in [0.1, 0.15) is 52.2 Å². The van der Waals surface area contributed by atoms with Crippen molar-refractivity contribution in [1.82, 2.24) is 9.88 Å². The summed E-state index contributed by atoms with van der Waals surface area (Å²) in [5.74, 6) is -0.695. The summed E-state index contributed by atoms with van der Waals surface area (Å²) in [6.07, 6.45) is 4.11. The van der Waals surface area contributed by atoms with Gasteiger partial charge >= 0.3 is 5.97 Å². The van der Waals surface area contributed by atoms with Crippen LogP contribution in [0.15, 0.2) is 53.2 Å². The van der Waals surface area contributed by atoms with Crippen molar-refractivity contribution in [3.63, 3.8) is 0 Å². The number of aryl methyl sites for hydroxylation is 2. The van der Waals surface area contributed by atoms with Crippen molar-refractivity contribution in [2.45, 2.75) is 33.2 Å². The van der Waals surface area contributed by atoms with E-state index in [4.69, 9.17) is 9.15 Å². The molecule has 0 saturated heterocycles. The van der Waals surface area contributed by atoms with Crippen LogP contribution in [-0.2, 0) is 9.53 Å². The molecule has 3 rings (SSSR count). The molecule has 0 unspecified atom stereocenters. The molecule has 0 saturated carbocycles. The molecule has 0 aliphatic rings. The van der Waals surface area contributed by atoms with Crippen LogP contribution in [-0.4, -0.2) is 23.1 Å². The maximum atomic E-state index is 12.6. The summed E-state index contributed by atoms with van der Waals surface area (Å²) in [4.78, 5) is 24.9. The summed E-state index contributed by atoms with van der Waals surface area (Å²) in [6.45, 7) is 5.09. The number of amides is 1. The minimum Gasteiger partial charge on any atom is -0.452 e. The topological polar surface area (TPSA) is 97.3 Å². The molecule has 2 heterocycles. The summed E-state index contributed by atoms with van der Waals surface area (Å²) >= 11 is 0. The van der Waals surface area contributed by atoms with E-state index in [1.54, 1.807) is 36.0 Å². The standard InChI is InChI=1S/C23H23N3O4/c1-4-19(17-9-7-15(2)8-10-17)25-20(27)14-29-23(28)21-16(3)30-22(18(21)13-24)26-11-5-6-12-26/h5-12,19H,4,14H2,1-3H3,(H,25,27)/t19-/m0/s1. The van der Waals surface area contributed by atoms with Gasteiger partial charge in [0, 0.05) is 12.4 Å². The number of furan rings is 1. The van der Waals surface area contributed by atoms with Crippen molar-refractivity contribution in [2.24, 2.45) is 0 Å². The lowest BCUT2D eigenvalue weighted by molar-refractivity contribution is -0.125. The predicted octanol–water partition coefficient (Wildman–Crippen LogP) is 3.98. The lowest BCUT2D eigenvalue weighted by atomic mass is 10.0. The molecule has 3 aromatic rings. The minimum atomic E-state index is -0.773. The van der Waals surface area contributed by atoms with Crippen molar-refractivity contribution in [1.29, 1.82) is 5.26 Å². The van der Waals surface area contributed by atoms with Crippen LogP contribution in [0.2, 0.25) is 0 Å². The van der Waals surface area contributed by atoms with Gasteiger partial charge in [-0.15, -0.1) is 0 Å². The fourth-order valence-electron chi connectivity index (χ4n) is 3.19. The van der Waals surface area contributed by atoms with Gasteiger partial charge in [0.15, 0.2) is 6.61 Å². The largest absolute Gasteiger partial charge is 0.452 e. The fourth-order valence-corrected chi connectivity index (χ4v) is 3.19. The molecule has 0 radical (unpaired) electrons. The number of nitrogens with zero attached hydrogens (tertiary/aromatic N) is 2. The molecule has 1 amide bonds. The molecule has 0 aliphatic carbocycles. The first kappa shape index (κ1) is 20.9. The monoisotopic (exact) mass is 405 g/mol. The molecule has 0 aliphatic heterocycles. The number of aromatic nitrogens is 1. The number of hydrogen-bond acceptors (Lipinski definition) is 5. The molecule has 7 nitrogen and oxygen atoms in total. The third kappa shape index (κ3) is 4.44. The van der Waals surface area contributed by atoms with Gasteiger partial charge in [0.05, 0.1) is 6.04 Å². The Morgan fingerprint density at radius 1 is 1.20 bits per heavy atom. The smallest absolute Gasteiger partial charge is 0.343 e. The Bertz CT molecular complexity index is 1070. The second-order valence-electron chi connectivity index (χ2n) is 6.93. The van der Waals surface area contributed by atoms with Crippen LogP contribution in [0.4, 0.5) is 0 Å². The maximum Gasteiger partial charge on any atom is 0.343 e. The quantitative estimate of drug-likeness (QED) is 0.600. The molecular weight excluding hydrogens is 382 g/mol. The van der Waals surface area contributed by atoms with Crippen molar-refractivity contribution in [2.75, 3.05) is 6.61 Å². The number of carbonyl (C=O) groups is 2. The molecule has 1 aromatic carbocycles. The molecule has 1 atom stereocenters. The lowest BCUT2D eigenvalue weighted by Crippen LogP contribution is -2.32. The Labute approximate surface area is 174 Å². The average molecular weight is 405 g/mol. The molecule has 0 fully saturated rings. The first-order valence-electron chi connectivity index (χ1n) is 9.64. The Hall–Kier alpha value is -3.79. The number of esters is 1. The summed E-state index contributed by atoms with van der Waals surface area (Å²) in [7, 11) is 0. The zero-order valence-electron chi connectivity index (χ0n) is 17.1. The number of hydrogen-bond donors (Lipinski definition) is 1. The van der Waals surface area contributed by atoms with Crippen molar-refractivity contribution in [3.05, 3.63) is 76.8 Å². The second kappa shape index (κ2) is 9.14. The lowest BCUT2D eigenvalue weighted by Gasteiger charge is -2.17. The normalized spacial score (nSPS) is 11.5. The van der Waals surface area contributed by atoms with Gasteiger partial charge < -0.3 is 14.5 Å². The molecule has 30 heavy (non-hydrogen) atoms. The first-order valence-corrected chi connectivity index (χ1v) is 9.64.